The third kappa shape index (κ3) is 4.42. The van der Waals surface area contributed by atoms with Gasteiger partial charge in [0, 0.05) is 25.7 Å². The first-order valence-electron chi connectivity index (χ1n) is 7.87. The third-order valence-electron chi connectivity index (χ3n) is 3.83. The van der Waals surface area contributed by atoms with Crippen LogP contribution in [0.25, 0.3) is 0 Å². The van der Waals surface area contributed by atoms with Crippen molar-refractivity contribution in [3.8, 4) is 0 Å². The third-order valence-corrected chi connectivity index (χ3v) is 3.83. The molecule has 0 radical (unpaired) electrons. The molecule has 1 fully saturated rings. The van der Waals surface area contributed by atoms with Gasteiger partial charge in [-0.3, -0.25) is 0 Å². The van der Waals surface area contributed by atoms with E-state index >= 15 is 0 Å². The van der Waals surface area contributed by atoms with Crippen molar-refractivity contribution in [2.45, 2.75) is 39.7 Å². The Morgan fingerprint density at radius 3 is 2.48 bits per heavy atom. The molecule has 0 saturated carbocycles. The van der Waals surface area contributed by atoms with E-state index in [0.29, 0.717) is 11.9 Å². The zero-order chi connectivity index (χ0) is 15.2. The van der Waals surface area contributed by atoms with E-state index in [4.69, 9.17) is 5.73 Å². The van der Waals surface area contributed by atoms with Crippen LogP contribution in [-0.4, -0.2) is 58.6 Å². The first kappa shape index (κ1) is 15.8. The normalized spacial score (nSPS) is 16.5. The molecule has 2 heterocycles. The number of hydrogen-bond acceptors (Lipinski definition) is 7. The van der Waals surface area contributed by atoms with Crippen LogP contribution in [0.5, 0.6) is 0 Å². The molecule has 0 aromatic carbocycles. The van der Waals surface area contributed by atoms with Crippen molar-refractivity contribution in [1.29, 1.82) is 0 Å². The Hall–Kier alpha value is -1.63. The molecule has 1 aliphatic heterocycles. The highest BCUT2D eigenvalue weighted by molar-refractivity contribution is 5.42. The van der Waals surface area contributed by atoms with Gasteiger partial charge in [0.15, 0.2) is 0 Å². The molecule has 1 unspecified atom stereocenters. The number of anilines is 3. The van der Waals surface area contributed by atoms with Crippen LogP contribution in [0.1, 0.15) is 33.6 Å². The zero-order valence-corrected chi connectivity index (χ0v) is 13.3. The van der Waals surface area contributed by atoms with Gasteiger partial charge in [-0.15, -0.1) is 0 Å². The van der Waals surface area contributed by atoms with Crippen molar-refractivity contribution in [2.24, 2.45) is 0 Å². The predicted molar refractivity (Wildman–Crippen MR) is 86.6 cm³/mol. The minimum Gasteiger partial charge on any atom is -0.368 e. The van der Waals surface area contributed by atoms with Crippen LogP contribution >= 0.6 is 0 Å². The summed E-state index contributed by atoms with van der Waals surface area (Å²) in [7, 11) is 0. The molecule has 21 heavy (non-hydrogen) atoms. The van der Waals surface area contributed by atoms with Gasteiger partial charge >= 0.3 is 0 Å². The first-order chi connectivity index (χ1) is 10.1. The van der Waals surface area contributed by atoms with Gasteiger partial charge < -0.3 is 20.9 Å². The molecule has 0 spiro atoms. The number of nitrogens with one attached hydrogen (secondary N) is 1. The Morgan fingerprint density at radius 2 is 1.86 bits per heavy atom. The Kier molecular flexibility index (Phi) is 5.55. The van der Waals surface area contributed by atoms with Crippen molar-refractivity contribution in [3.63, 3.8) is 0 Å². The first-order valence-corrected chi connectivity index (χ1v) is 7.87. The second-order valence-corrected chi connectivity index (χ2v) is 5.54. The molecule has 1 aliphatic rings. The van der Waals surface area contributed by atoms with Crippen LogP contribution in [0.15, 0.2) is 0 Å². The molecule has 7 heteroatoms. The molecular weight excluding hydrogens is 266 g/mol. The van der Waals surface area contributed by atoms with E-state index in [1.807, 2.05) is 0 Å². The lowest BCUT2D eigenvalue weighted by Crippen LogP contribution is -2.35. The number of hydrogen-bond donors (Lipinski definition) is 2. The van der Waals surface area contributed by atoms with E-state index in [0.717, 1.165) is 32.7 Å². The van der Waals surface area contributed by atoms with Gasteiger partial charge in [-0.2, -0.15) is 15.0 Å². The molecule has 0 bridgehead atoms. The summed E-state index contributed by atoms with van der Waals surface area (Å²) in [6.45, 7) is 11.5. The number of likely N-dealkylation sites (N-methyl/N-ethyl adjacent to an activating group) is 1. The fourth-order valence-corrected chi connectivity index (χ4v) is 2.64. The lowest BCUT2D eigenvalue weighted by Gasteiger charge is -2.24. The minimum atomic E-state index is 0.262. The quantitative estimate of drug-likeness (QED) is 0.781. The van der Waals surface area contributed by atoms with Gasteiger partial charge in [0.05, 0.1) is 0 Å². The van der Waals surface area contributed by atoms with Crippen molar-refractivity contribution in [2.75, 3.05) is 48.7 Å². The topological polar surface area (TPSA) is 83.2 Å². The summed E-state index contributed by atoms with van der Waals surface area (Å²) in [6, 6.07) is 0.262. The Morgan fingerprint density at radius 1 is 1.19 bits per heavy atom. The SMILES string of the molecule is CCN(CC)CC(C)Nc1nc(N)nc(N2CCCC2)n1. The highest BCUT2D eigenvalue weighted by Gasteiger charge is 2.17. The summed E-state index contributed by atoms with van der Waals surface area (Å²) in [6.07, 6.45) is 2.37. The Labute approximate surface area is 127 Å². The molecule has 1 aromatic heterocycles. The molecule has 1 saturated heterocycles. The van der Waals surface area contributed by atoms with E-state index in [9.17, 15) is 0 Å². The van der Waals surface area contributed by atoms with Crippen molar-refractivity contribution in [1.82, 2.24) is 19.9 Å². The molecule has 7 nitrogen and oxygen atoms in total. The summed E-state index contributed by atoms with van der Waals surface area (Å²) in [5.74, 6) is 1.55. The van der Waals surface area contributed by atoms with Crippen LogP contribution in [0.2, 0.25) is 0 Å². The van der Waals surface area contributed by atoms with Gasteiger partial charge in [-0.05, 0) is 32.9 Å². The molecule has 0 amide bonds. The highest BCUT2D eigenvalue weighted by atomic mass is 15.3. The zero-order valence-electron chi connectivity index (χ0n) is 13.3. The largest absolute Gasteiger partial charge is 0.368 e. The van der Waals surface area contributed by atoms with Gasteiger partial charge in [0.25, 0.3) is 0 Å². The lowest BCUT2D eigenvalue weighted by molar-refractivity contribution is 0.294. The van der Waals surface area contributed by atoms with E-state index in [1.165, 1.54) is 12.8 Å². The molecule has 0 aliphatic carbocycles. The number of aromatic nitrogens is 3. The standard InChI is InChI=1S/C14H27N7/c1-4-20(5-2)10-11(3)16-13-17-12(15)18-14(19-13)21-8-6-7-9-21/h11H,4-10H2,1-3H3,(H3,15,16,17,18,19). The fraction of sp³-hybridized carbons (Fsp3) is 0.786. The maximum Gasteiger partial charge on any atom is 0.231 e. The van der Waals surface area contributed by atoms with Crippen LogP contribution in [-0.2, 0) is 0 Å². The Bertz CT molecular complexity index is 441. The van der Waals surface area contributed by atoms with Gasteiger partial charge in [0.1, 0.15) is 0 Å². The molecular formula is C14H27N7. The van der Waals surface area contributed by atoms with Gasteiger partial charge in [-0.1, -0.05) is 13.8 Å². The van der Waals surface area contributed by atoms with Crippen LogP contribution in [0, 0.1) is 0 Å². The summed E-state index contributed by atoms with van der Waals surface area (Å²) in [4.78, 5) is 17.5. The monoisotopic (exact) mass is 293 g/mol. The van der Waals surface area contributed by atoms with E-state index in [1.54, 1.807) is 0 Å². The Balaban J connectivity index is 2.02. The number of nitrogens with zero attached hydrogens (tertiary/aromatic N) is 5. The van der Waals surface area contributed by atoms with Crippen molar-refractivity contribution in [3.05, 3.63) is 0 Å². The number of nitrogen functional groups attached to an aromatic ring is 1. The fourth-order valence-electron chi connectivity index (χ4n) is 2.64. The number of nitrogens with two attached hydrogens (primary N) is 1. The van der Waals surface area contributed by atoms with Crippen LogP contribution in [0.4, 0.5) is 17.8 Å². The average Bonchev–Trinajstić information content (AvgIpc) is 2.98. The highest BCUT2D eigenvalue weighted by Crippen LogP contribution is 2.17. The maximum atomic E-state index is 5.82. The summed E-state index contributed by atoms with van der Waals surface area (Å²) in [5, 5.41) is 3.34. The molecule has 1 aromatic rings. The second kappa shape index (κ2) is 7.40. The maximum absolute atomic E-state index is 5.82. The van der Waals surface area contributed by atoms with Crippen LogP contribution in [0.3, 0.4) is 0 Å². The molecule has 3 N–H and O–H groups in total. The van der Waals surface area contributed by atoms with E-state index in [2.05, 4.69) is 50.8 Å². The van der Waals surface area contributed by atoms with Crippen LogP contribution < -0.4 is 16.0 Å². The predicted octanol–water partition coefficient (Wildman–Crippen LogP) is 1.20. The molecule has 1 atom stereocenters. The molecule has 2 rings (SSSR count). The number of rotatable bonds is 7. The second-order valence-electron chi connectivity index (χ2n) is 5.54. The lowest BCUT2D eigenvalue weighted by atomic mass is 10.3. The minimum absolute atomic E-state index is 0.262. The van der Waals surface area contributed by atoms with E-state index < -0.39 is 0 Å². The van der Waals surface area contributed by atoms with Crippen molar-refractivity contribution >= 4 is 17.8 Å². The average molecular weight is 293 g/mol. The van der Waals surface area contributed by atoms with Crippen molar-refractivity contribution < 1.29 is 0 Å². The smallest absolute Gasteiger partial charge is 0.231 e. The van der Waals surface area contributed by atoms with Gasteiger partial charge in [-0.25, -0.2) is 0 Å². The summed E-state index contributed by atoms with van der Waals surface area (Å²) < 4.78 is 0. The van der Waals surface area contributed by atoms with E-state index in [-0.39, 0.29) is 12.0 Å². The summed E-state index contributed by atoms with van der Waals surface area (Å²) in [5.41, 5.74) is 5.82. The van der Waals surface area contributed by atoms with Gasteiger partial charge in [0.2, 0.25) is 17.8 Å². The summed E-state index contributed by atoms with van der Waals surface area (Å²) >= 11 is 0. The molecule has 118 valence electrons.